The maximum atomic E-state index is 12.8. The van der Waals surface area contributed by atoms with Crippen molar-refractivity contribution in [2.24, 2.45) is 0 Å². The molecule has 1 aliphatic heterocycles. The first kappa shape index (κ1) is 17.3. The lowest BCUT2D eigenvalue weighted by molar-refractivity contribution is -0.133. The summed E-state index contributed by atoms with van der Waals surface area (Å²) in [7, 11) is 5.98. The van der Waals surface area contributed by atoms with Crippen molar-refractivity contribution in [1.82, 2.24) is 9.80 Å². The number of amides is 1. The molecular weight excluding hydrogens is 300 g/mol. The average molecular weight is 330 g/mol. The molecule has 0 aromatic heterocycles. The Balaban J connectivity index is 1.62. The minimum Gasteiger partial charge on any atom is -0.497 e. The van der Waals surface area contributed by atoms with Crippen molar-refractivity contribution in [1.29, 1.82) is 0 Å². The van der Waals surface area contributed by atoms with Crippen molar-refractivity contribution in [2.75, 3.05) is 34.3 Å². The topological polar surface area (TPSA) is 32.8 Å². The molecule has 1 atom stereocenters. The van der Waals surface area contributed by atoms with Gasteiger partial charge in [-0.15, -0.1) is 0 Å². The highest BCUT2D eigenvalue weighted by Crippen LogP contribution is 2.36. The minimum atomic E-state index is 0.334. The van der Waals surface area contributed by atoms with Crippen LogP contribution in [-0.4, -0.2) is 56.0 Å². The second-order valence-corrected chi connectivity index (χ2v) is 7.43. The molecule has 4 nitrogen and oxygen atoms in total. The standard InChI is InChI=1S/C20H30N2O2/c1-21(2)17-9-11-22(12-10-17)20(23)14-16-6-4-5-15-13-18(24-3)7-8-19(15)16/h7-8,13,16-17H,4-6,9-12,14H2,1-3H3. The number of methoxy groups -OCH3 is 1. The summed E-state index contributed by atoms with van der Waals surface area (Å²) in [6.45, 7) is 1.81. The van der Waals surface area contributed by atoms with Crippen molar-refractivity contribution < 1.29 is 9.53 Å². The first-order chi connectivity index (χ1) is 11.6. The molecule has 1 amide bonds. The molecule has 3 rings (SSSR count). The van der Waals surface area contributed by atoms with Gasteiger partial charge in [-0.05, 0) is 75.4 Å². The van der Waals surface area contributed by atoms with Gasteiger partial charge in [0.05, 0.1) is 7.11 Å². The molecule has 0 N–H and O–H groups in total. The van der Waals surface area contributed by atoms with Gasteiger partial charge < -0.3 is 14.5 Å². The molecule has 0 saturated carbocycles. The van der Waals surface area contributed by atoms with E-state index < -0.39 is 0 Å². The summed E-state index contributed by atoms with van der Waals surface area (Å²) in [6, 6.07) is 6.97. The van der Waals surface area contributed by atoms with Crippen LogP contribution < -0.4 is 4.74 Å². The molecule has 1 aromatic rings. The molecule has 132 valence electrons. The fourth-order valence-corrected chi connectivity index (χ4v) is 4.20. The lowest BCUT2D eigenvalue weighted by Crippen LogP contribution is -2.44. The number of benzene rings is 1. The maximum Gasteiger partial charge on any atom is 0.223 e. The van der Waals surface area contributed by atoms with Gasteiger partial charge >= 0.3 is 0 Å². The molecule has 0 radical (unpaired) electrons. The summed E-state index contributed by atoms with van der Waals surface area (Å²) in [6.07, 6.45) is 6.24. The van der Waals surface area contributed by atoms with Crippen LogP contribution in [-0.2, 0) is 11.2 Å². The van der Waals surface area contributed by atoms with Crippen LogP contribution in [0.1, 0.15) is 49.1 Å². The van der Waals surface area contributed by atoms with Crippen LogP contribution in [0.4, 0.5) is 0 Å². The van der Waals surface area contributed by atoms with E-state index >= 15 is 0 Å². The van der Waals surface area contributed by atoms with Crippen molar-refractivity contribution in [3.8, 4) is 5.75 Å². The number of carbonyl (C=O) groups excluding carboxylic acids is 1. The van der Waals surface area contributed by atoms with Crippen molar-refractivity contribution in [3.63, 3.8) is 0 Å². The Morgan fingerprint density at radius 2 is 2.00 bits per heavy atom. The molecule has 0 spiro atoms. The Morgan fingerprint density at radius 3 is 2.67 bits per heavy atom. The van der Waals surface area contributed by atoms with Gasteiger partial charge in [-0.2, -0.15) is 0 Å². The first-order valence-corrected chi connectivity index (χ1v) is 9.19. The SMILES string of the molecule is COc1ccc2c(c1)CCCC2CC(=O)N1CCC(N(C)C)CC1. The van der Waals surface area contributed by atoms with Gasteiger partial charge in [0.2, 0.25) is 5.91 Å². The Morgan fingerprint density at radius 1 is 1.25 bits per heavy atom. The molecule has 1 heterocycles. The quantitative estimate of drug-likeness (QED) is 0.850. The highest BCUT2D eigenvalue weighted by atomic mass is 16.5. The summed E-state index contributed by atoms with van der Waals surface area (Å²) >= 11 is 0. The summed E-state index contributed by atoms with van der Waals surface area (Å²) in [5.41, 5.74) is 2.73. The third-order valence-electron chi connectivity index (χ3n) is 5.76. The fourth-order valence-electron chi connectivity index (χ4n) is 4.20. The van der Waals surface area contributed by atoms with E-state index in [0.29, 0.717) is 24.3 Å². The van der Waals surface area contributed by atoms with Crippen LogP contribution in [0.3, 0.4) is 0 Å². The van der Waals surface area contributed by atoms with E-state index in [1.807, 2.05) is 6.07 Å². The lowest BCUT2D eigenvalue weighted by Gasteiger charge is -2.36. The van der Waals surface area contributed by atoms with Gasteiger partial charge in [0.1, 0.15) is 5.75 Å². The second kappa shape index (κ2) is 7.56. The zero-order valence-corrected chi connectivity index (χ0v) is 15.3. The Bertz CT molecular complexity index is 577. The number of hydrogen-bond donors (Lipinski definition) is 0. The zero-order valence-electron chi connectivity index (χ0n) is 15.3. The highest BCUT2D eigenvalue weighted by Gasteiger charge is 2.28. The molecule has 4 heteroatoms. The van der Waals surface area contributed by atoms with E-state index in [4.69, 9.17) is 4.74 Å². The van der Waals surface area contributed by atoms with E-state index in [-0.39, 0.29) is 0 Å². The van der Waals surface area contributed by atoms with Gasteiger partial charge in [0.15, 0.2) is 0 Å². The van der Waals surface area contributed by atoms with E-state index in [9.17, 15) is 4.79 Å². The minimum absolute atomic E-state index is 0.334. The Kier molecular flexibility index (Phi) is 5.44. The number of ether oxygens (including phenoxy) is 1. The molecule has 2 aliphatic rings. The van der Waals surface area contributed by atoms with Crippen LogP contribution >= 0.6 is 0 Å². The van der Waals surface area contributed by atoms with E-state index in [2.05, 4.69) is 36.0 Å². The number of piperidine rings is 1. The summed E-state index contributed by atoms with van der Waals surface area (Å²) < 4.78 is 5.34. The number of aryl methyl sites for hydroxylation is 1. The highest BCUT2D eigenvalue weighted by molar-refractivity contribution is 5.77. The number of hydrogen-bond acceptors (Lipinski definition) is 3. The van der Waals surface area contributed by atoms with Crippen LogP contribution in [0, 0.1) is 0 Å². The normalized spacial score (nSPS) is 21.7. The first-order valence-electron chi connectivity index (χ1n) is 9.19. The lowest BCUT2D eigenvalue weighted by atomic mass is 9.80. The molecule has 1 aromatic carbocycles. The number of nitrogens with zero attached hydrogens (tertiary/aromatic N) is 2. The average Bonchev–Trinajstić information content (AvgIpc) is 2.61. The molecular formula is C20H30N2O2. The zero-order chi connectivity index (χ0) is 17.1. The van der Waals surface area contributed by atoms with Crippen LogP contribution in [0.15, 0.2) is 18.2 Å². The van der Waals surface area contributed by atoms with Gasteiger partial charge in [0, 0.05) is 25.6 Å². The predicted octanol–water partition coefficient (Wildman–Crippen LogP) is 3.06. The van der Waals surface area contributed by atoms with Gasteiger partial charge in [-0.1, -0.05) is 6.07 Å². The van der Waals surface area contributed by atoms with Crippen LogP contribution in [0.5, 0.6) is 5.75 Å². The number of likely N-dealkylation sites (tertiary alicyclic amines) is 1. The molecule has 1 saturated heterocycles. The summed E-state index contributed by atoms with van der Waals surface area (Å²) in [4.78, 5) is 17.1. The summed E-state index contributed by atoms with van der Waals surface area (Å²) in [5.74, 6) is 1.63. The third-order valence-corrected chi connectivity index (χ3v) is 5.76. The monoisotopic (exact) mass is 330 g/mol. The molecule has 24 heavy (non-hydrogen) atoms. The third kappa shape index (κ3) is 3.75. The fraction of sp³-hybridized carbons (Fsp3) is 0.650. The van der Waals surface area contributed by atoms with Crippen LogP contribution in [0.25, 0.3) is 0 Å². The van der Waals surface area contributed by atoms with Gasteiger partial charge in [0.25, 0.3) is 0 Å². The van der Waals surface area contributed by atoms with Crippen molar-refractivity contribution in [2.45, 2.75) is 50.5 Å². The number of carbonyl (C=O) groups is 1. The Hall–Kier alpha value is -1.55. The van der Waals surface area contributed by atoms with Crippen LogP contribution in [0.2, 0.25) is 0 Å². The number of fused-ring (bicyclic) bond motifs is 1. The van der Waals surface area contributed by atoms with E-state index in [0.717, 1.165) is 44.5 Å². The number of rotatable bonds is 4. The van der Waals surface area contributed by atoms with Crippen molar-refractivity contribution >= 4 is 5.91 Å². The van der Waals surface area contributed by atoms with Gasteiger partial charge in [-0.25, -0.2) is 0 Å². The smallest absolute Gasteiger partial charge is 0.223 e. The summed E-state index contributed by atoms with van der Waals surface area (Å²) in [5, 5.41) is 0. The maximum absolute atomic E-state index is 12.8. The molecule has 0 bridgehead atoms. The molecule has 1 fully saturated rings. The largest absolute Gasteiger partial charge is 0.497 e. The molecule has 1 unspecified atom stereocenters. The van der Waals surface area contributed by atoms with Gasteiger partial charge in [-0.3, -0.25) is 4.79 Å². The Labute approximate surface area is 145 Å². The van der Waals surface area contributed by atoms with E-state index in [1.165, 1.54) is 17.5 Å². The van der Waals surface area contributed by atoms with E-state index in [1.54, 1.807) is 7.11 Å². The van der Waals surface area contributed by atoms with Crippen molar-refractivity contribution in [3.05, 3.63) is 29.3 Å². The predicted molar refractivity (Wildman–Crippen MR) is 96.6 cm³/mol. The molecule has 1 aliphatic carbocycles. The second-order valence-electron chi connectivity index (χ2n) is 7.43.